The minimum atomic E-state index is -0.329. The number of carbonyl (C=O) groups excluding carboxylic acids is 1. The Hall–Kier alpha value is -2.92. The second-order valence-electron chi connectivity index (χ2n) is 7.64. The lowest BCUT2D eigenvalue weighted by Crippen LogP contribution is -2.41. The molecule has 158 valence electrons. The third kappa shape index (κ3) is 4.46. The molecule has 0 saturated heterocycles. The van der Waals surface area contributed by atoms with Crippen LogP contribution in [-0.2, 0) is 11.3 Å². The summed E-state index contributed by atoms with van der Waals surface area (Å²) in [5, 5.41) is 4.77. The van der Waals surface area contributed by atoms with E-state index in [0.29, 0.717) is 19.6 Å². The van der Waals surface area contributed by atoms with Crippen LogP contribution in [0.3, 0.4) is 0 Å². The van der Waals surface area contributed by atoms with E-state index in [9.17, 15) is 4.79 Å². The minimum absolute atomic E-state index is 0.138. The van der Waals surface area contributed by atoms with E-state index in [2.05, 4.69) is 24.0 Å². The molecule has 5 nitrogen and oxygen atoms in total. The Morgan fingerprint density at radius 2 is 1.53 bits per heavy atom. The monoisotopic (exact) mass is 404 g/mol. The molecule has 0 aliphatic heterocycles. The van der Waals surface area contributed by atoms with Crippen LogP contribution in [-0.4, -0.2) is 45.6 Å². The Labute approximate surface area is 179 Å². The molecule has 1 amide bonds. The summed E-state index contributed by atoms with van der Waals surface area (Å²) in [5.41, 5.74) is 5.32. The summed E-state index contributed by atoms with van der Waals surface area (Å²) in [7, 11) is 2.03. The van der Waals surface area contributed by atoms with Crippen LogP contribution < -0.4 is 0 Å². The van der Waals surface area contributed by atoms with E-state index < -0.39 is 0 Å². The van der Waals surface area contributed by atoms with Gasteiger partial charge in [0.25, 0.3) is 0 Å². The molecule has 0 aliphatic carbocycles. The van der Waals surface area contributed by atoms with Crippen molar-refractivity contribution in [2.75, 3.05) is 20.1 Å². The lowest BCUT2D eigenvalue weighted by Gasteiger charge is -2.32. The zero-order valence-corrected chi connectivity index (χ0v) is 18.7. The molecule has 0 aliphatic rings. The number of para-hydroxylation sites is 1. The summed E-state index contributed by atoms with van der Waals surface area (Å²) in [4.78, 5) is 17.4. The molecule has 5 heteroatoms. The van der Waals surface area contributed by atoms with Crippen LogP contribution in [0.5, 0.6) is 0 Å². The molecule has 1 atom stereocenters. The number of hydrogen-bond donors (Lipinski definition) is 0. The molecule has 30 heavy (non-hydrogen) atoms. The van der Waals surface area contributed by atoms with Crippen molar-refractivity contribution in [3.05, 3.63) is 83.2 Å². The van der Waals surface area contributed by atoms with Gasteiger partial charge in [-0.2, -0.15) is 5.10 Å². The summed E-state index contributed by atoms with van der Waals surface area (Å²) in [6.07, 6.45) is 0. The molecule has 0 N–H and O–H groups in total. The third-order valence-corrected chi connectivity index (χ3v) is 5.71. The molecule has 0 radical (unpaired) electrons. The number of likely N-dealkylation sites (N-methyl/N-ethyl adjacent to an activating group) is 2. The molecular formula is C25H32N4O. The minimum Gasteiger partial charge on any atom is -0.342 e. The van der Waals surface area contributed by atoms with Gasteiger partial charge in [-0.25, -0.2) is 4.68 Å². The number of benzene rings is 2. The van der Waals surface area contributed by atoms with Gasteiger partial charge in [0.15, 0.2) is 0 Å². The lowest BCUT2D eigenvalue weighted by atomic mass is 10.0. The van der Waals surface area contributed by atoms with Crippen molar-refractivity contribution < 1.29 is 4.79 Å². The average Bonchev–Trinajstić information content (AvgIpc) is 3.04. The molecule has 3 rings (SSSR count). The number of aromatic nitrogens is 2. The smallest absolute Gasteiger partial charge is 0.244 e. The van der Waals surface area contributed by atoms with Crippen LogP contribution in [0.15, 0.2) is 60.7 Å². The molecule has 0 bridgehead atoms. The molecule has 3 aromatic rings. The fourth-order valence-corrected chi connectivity index (χ4v) is 3.99. The zero-order valence-electron chi connectivity index (χ0n) is 18.7. The van der Waals surface area contributed by atoms with Crippen molar-refractivity contribution in [3.63, 3.8) is 0 Å². The van der Waals surface area contributed by atoms with Crippen LogP contribution in [0.1, 0.15) is 42.4 Å². The second kappa shape index (κ2) is 9.72. The highest BCUT2D eigenvalue weighted by atomic mass is 16.2. The van der Waals surface area contributed by atoms with Crippen LogP contribution in [0.2, 0.25) is 0 Å². The first-order valence-electron chi connectivity index (χ1n) is 10.6. The molecule has 1 aromatic heterocycles. The van der Waals surface area contributed by atoms with Crippen molar-refractivity contribution in [2.24, 2.45) is 0 Å². The second-order valence-corrected chi connectivity index (χ2v) is 7.64. The highest BCUT2D eigenvalue weighted by Crippen LogP contribution is 2.26. The average molecular weight is 405 g/mol. The first kappa shape index (κ1) is 21.8. The van der Waals surface area contributed by atoms with E-state index in [1.54, 1.807) is 0 Å². The van der Waals surface area contributed by atoms with E-state index in [0.717, 1.165) is 28.2 Å². The van der Waals surface area contributed by atoms with Crippen molar-refractivity contribution in [1.29, 1.82) is 0 Å². The van der Waals surface area contributed by atoms with Gasteiger partial charge in [0, 0.05) is 30.9 Å². The van der Waals surface area contributed by atoms with Crippen LogP contribution >= 0.6 is 0 Å². The number of rotatable bonds is 8. The number of hydrogen-bond acceptors (Lipinski definition) is 3. The molecule has 0 fully saturated rings. The van der Waals surface area contributed by atoms with Gasteiger partial charge in [-0.05, 0) is 52.4 Å². The van der Waals surface area contributed by atoms with Crippen LogP contribution in [0.25, 0.3) is 5.69 Å². The lowest BCUT2D eigenvalue weighted by molar-refractivity contribution is -0.136. The first-order chi connectivity index (χ1) is 14.5. The first-order valence-corrected chi connectivity index (χ1v) is 10.6. The Balaban J connectivity index is 1.94. The molecule has 0 spiro atoms. The van der Waals surface area contributed by atoms with Crippen molar-refractivity contribution in [2.45, 2.75) is 40.3 Å². The Morgan fingerprint density at radius 1 is 0.967 bits per heavy atom. The van der Waals surface area contributed by atoms with E-state index in [4.69, 9.17) is 5.10 Å². The fraction of sp³-hybridized carbons (Fsp3) is 0.360. The van der Waals surface area contributed by atoms with Gasteiger partial charge in [-0.3, -0.25) is 9.69 Å². The molecule has 0 saturated carbocycles. The fourth-order valence-electron chi connectivity index (χ4n) is 3.99. The number of aryl methyl sites for hydroxylation is 1. The maximum atomic E-state index is 13.4. The summed E-state index contributed by atoms with van der Waals surface area (Å²) in [6, 6.07) is 19.9. The summed E-state index contributed by atoms with van der Waals surface area (Å²) >= 11 is 0. The van der Waals surface area contributed by atoms with E-state index in [1.807, 2.05) is 85.9 Å². The molecule has 1 heterocycles. The van der Waals surface area contributed by atoms with Crippen molar-refractivity contribution in [1.82, 2.24) is 19.6 Å². The van der Waals surface area contributed by atoms with Crippen LogP contribution in [0, 0.1) is 13.8 Å². The van der Waals surface area contributed by atoms with Crippen LogP contribution in [0.4, 0.5) is 0 Å². The third-order valence-electron chi connectivity index (χ3n) is 5.71. The number of carbonyl (C=O) groups is 1. The SMILES string of the molecule is CCN(CC)C(=O)[C@@H](c1ccccc1)N(C)Cc1c(C)nn(-c2ccccc2)c1C. The Bertz CT molecular complexity index is 962. The molecule has 0 unspecified atom stereocenters. The van der Waals surface area contributed by atoms with Gasteiger partial charge in [0.05, 0.1) is 11.4 Å². The maximum absolute atomic E-state index is 13.4. The van der Waals surface area contributed by atoms with E-state index in [1.165, 1.54) is 0 Å². The van der Waals surface area contributed by atoms with Crippen molar-refractivity contribution >= 4 is 5.91 Å². The Morgan fingerprint density at radius 3 is 2.10 bits per heavy atom. The summed E-state index contributed by atoms with van der Waals surface area (Å²) < 4.78 is 1.99. The maximum Gasteiger partial charge on any atom is 0.244 e. The van der Waals surface area contributed by atoms with E-state index in [-0.39, 0.29) is 11.9 Å². The summed E-state index contributed by atoms with van der Waals surface area (Å²) in [6.45, 7) is 10.3. The standard InChI is InChI=1S/C25H32N4O/c1-6-28(7-2)25(30)24(21-14-10-8-11-15-21)27(5)18-23-19(3)26-29(20(23)4)22-16-12-9-13-17-22/h8-17,24H,6-7,18H2,1-5H3/t24-/m1/s1. The van der Waals surface area contributed by atoms with E-state index >= 15 is 0 Å². The van der Waals surface area contributed by atoms with Gasteiger partial charge in [0.2, 0.25) is 5.91 Å². The normalized spacial score (nSPS) is 12.2. The van der Waals surface area contributed by atoms with Gasteiger partial charge in [-0.15, -0.1) is 0 Å². The number of nitrogens with zero attached hydrogens (tertiary/aromatic N) is 4. The van der Waals surface area contributed by atoms with Gasteiger partial charge < -0.3 is 4.90 Å². The molecular weight excluding hydrogens is 372 g/mol. The van der Waals surface area contributed by atoms with Crippen molar-refractivity contribution in [3.8, 4) is 5.69 Å². The quantitative estimate of drug-likeness (QED) is 0.554. The highest BCUT2D eigenvalue weighted by molar-refractivity contribution is 5.83. The molecule has 2 aromatic carbocycles. The summed E-state index contributed by atoms with van der Waals surface area (Å²) in [5.74, 6) is 0.138. The number of amides is 1. The largest absolute Gasteiger partial charge is 0.342 e. The van der Waals surface area contributed by atoms with Gasteiger partial charge in [0.1, 0.15) is 6.04 Å². The topological polar surface area (TPSA) is 41.4 Å². The van der Waals surface area contributed by atoms with Gasteiger partial charge >= 0.3 is 0 Å². The Kier molecular flexibility index (Phi) is 7.06. The predicted molar refractivity (Wildman–Crippen MR) is 122 cm³/mol. The highest BCUT2D eigenvalue weighted by Gasteiger charge is 2.29. The van der Waals surface area contributed by atoms with Gasteiger partial charge in [-0.1, -0.05) is 48.5 Å². The zero-order chi connectivity index (χ0) is 21.7. The predicted octanol–water partition coefficient (Wildman–Crippen LogP) is 4.53.